The van der Waals surface area contributed by atoms with Crippen molar-refractivity contribution in [3.8, 4) is 0 Å². The van der Waals surface area contributed by atoms with E-state index in [1.807, 2.05) is 0 Å². The van der Waals surface area contributed by atoms with Crippen LogP contribution in [-0.4, -0.2) is 83.0 Å². The van der Waals surface area contributed by atoms with Gasteiger partial charge in [-0.15, -0.1) is 0 Å². The fourth-order valence-electron chi connectivity index (χ4n) is 3.52. The molecular weight excluding hydrogens is 456 g/mol. The zero-order valence-corrected chi connectivity index (χ0v) is 18.3. The molecule has 0 radical (unpaired) electrons. The lowest BCUT2D eigenvalue weighted by Crippen LogP contribution is -2.43. The van der Waals surface area contributed by atoms with Gasteiger partial charge in [0.15, 0.2) is 9.84 Å². The second-order valence-corrected chi connectivity index (χ2v) is 12.0. The Morgan fingerprint density at radius 2 is 1.85 bits per heavy atom. The highest BCUT2D eigenvalue weighted by Gasteiger charge is 2.38. The number of morpholine rings is 1. The summed E-state index contributed by atoms with van der Waals surface area (Å²) in [5.41, 5.74) is 0. The molecule has 7 nitrogen and oxygen atoms in total. The van der Waals surface area contributed by atoms with Gasteiger partial charge in [-0.2, -0.15) is 4.31 Å². The van der Waals surface area contributed by atoms with Gasteiger partial charge >= 0.3 is 0 Å². The Hall–Kier alpha value is -0.520. The van der Waals surface area contributed by atoms with Crippen molar-refractivity contribution in [1.82, 2.24) is 9.21 Å². The molecule has 3 rings (SSSR count). The topological polar surface area (TPSA) is 84.0 Å². The number of ether oxygens (including phenoxy) is 1. The van der Waals surface area contributed by atoms with Crippen molar-refractivity contribution in [2.75, 3.05) is 50.9 Å². The monoisotopic (exact) mass is 480 g/mol. The van der Waals surface area contributed by atoms with Gasteiger partial charge in [-0.3, -0.25) is 4.90 Å². The predicted molar refractivity (Wildman–Crippen MR) is 107 cm³/mol. The summed E-state index contributed by atoms with van der Waals surface area (Å²) in [7, 11) is -6.93. The van der Waals surface area contributed by atoms with Crippen molar-refractivity contribution in [1.29, 1.82) is 0 Å². The van der Waals surface area contributed by atoms with Crippen LogP contribution in [-0.2, 0) is 24.6 Å². The molecule has 152 valence electrons. The van der Waals surface area contributed by atoms with Crippen molar-refractivity contribution in [3.63, 3.8) is 0 Å². The third-order valence-electron chi connectivity index (χ3n) is 4.99. The van der Waals surface area contributed by atoms with Crippen LogP contribution in [0.4, 0.5) is 0 Å². The minimum Gasteiger partial charge on any atom is -0.379 e. The highest BCUT2D eigenvalue weighted by Crippen LogP contribution is 2.26. The molecule has 0 saturated carbocycles. The molecule has 0 spiro atoms. The van der Waals surface area contributed by atoms with E-state index >= 15 is 0 Å². The summed E-state index contributed by atoms with van der Waals surface area (Å²) < 4.78 is 57.8. The lowest BCUT2D eigenvalue weighted by Gasteiger charge is -2.30. The number of benzene rings is 1. The lowest BCUT2D eigenvalue weighted by molar-refractivity contribution is 0.0367. The molecule has 0 unspecified atom stereocenters. The van der Waals surface area contributed by atoms with E-state index in [0.29, 0.717) is 32.6 Å². The maximum absolute atomic E-state index is 13.2. The van der Waals surface area contributed by atoms with E-state index in [2.05, 4.69) is 20.8 Å². The van der Waals surface area contributed by atoms with E-state index in [-0.39, 0.29) is 16.4 Å². The molecule has 0 aliphatic carbocycles. The minimum atomic E-state index is -3.75. The molecule has 2 saturated heterocycles. The van der Waals surface area contributed by atoms with E-state index in [1.165, 1.54) is 4.31 Å². The summed E-state index contributed by atoms with van der Waals surface area (Å²) in [6.45, 7) is 4.17. The molecule has 2 heterocycles. The minimum absolute atomic E-state index is 0.0491. The van der Waals surface area contributed by atoms with Crippen LogP contribution in [0.2, 0.25) is 0 Å². The number of hydrogen-bond donors (Lipinski definition) is 0. The van der Waals surface area contributed by atoms with Crippen molar-refractivity contribution < 1.29 is 21.6 Å². The van der Waals surface area contributed by atoms with Crippen LogP contribution in [0.25, 0.3) is 0 Å². The van der Waals surface area contributed by atoms with Crippen molar-refractivity contribution in [2.45, 2.75) is 23.8 Å². The Balaban J connectivity index is 1.75. The molecule has 0 bridgehead atoms. The van der Waals surface area contributed by atoms with E-state index in [0.717, 1.165) is 24.1 Å². The molecule has 2 aliphatic heterocycles. The van der Waals surface area contributed by atoms with Gasteiger partial charge < -0.3 is 4.74 Å². The van der Waals surface area contributed by atoms with Gasteiger partial charge in [0, 0.05) is 30.1 Å². The highest BCUT2D eigenvalue weighted by atomic mass is 79.9. The smallest absolute Gasteiger partial charge is 0.243 e. The molecule has 0 aromatic heterocycles. The van der Waals surface area contributed by atoms with Gasteiger partial charge in [-0.05, 0) is 43.7 Å². The van der Waals surface area contributed by atoms with Gasteiger partial charge in [0.05, 0.1) is 29.6 Å². The molecule has 2 aliphatic rings. The summed E-state index contributed by atoms with van der Waals surface area (Å²) >= 11 is 3.31. The Morgan fingerprint density at radius 3 is 2.44 bits per heavy atom. The molecular formula is C17H25BrN2O5S2. The van der Waals surface area contributed by atoms with Crippen LogP contribution >= 0.6 is 15.9 Å². The van der Waals surface area contributed by atoms with Crippen LogP contribution in [0, 0.1) is 0 Å². The Bertz CT molecular complexity index is 837. The summed E-state index contributed by atoms with van der Waals surface area (Å²) in [4.78, 5) is 2.45. The van der Waals surface area contributed by atoms with Crippen molar-refractivity contribution in [2.24, 2.45) is 0 Å². The van der Waals surface area contributed by atoms with Crippen LogP contribution in [0.15, 0.2) is 33.6 Å². The van der Waals surface area contributed by atoms with Gasteiger partial charge in [0.1, 0.15) is 0 Å². The Kier molecular flexibility index (Phi) is 6.97. The maximum atomic E-state index is 13.2. The predicted octanol–water partition coefficient (Wildman–Crippen LogP) is 1.35. The average Bonchev–Trinajstić information content (AvgIpc) is 2.99. The largest absolute Gasteiger partial charge is 0.379 e. The summed E-state index contributed by atoms with van der Waals surface area (Å²) in [6, 6.07) is 5.98. The van der Waals surface area contributed by atoms with Crippen LogP contribution in [0.5, 0.6) is 0 Å². The van der Waals surface area contributed by atoms with E-state index in [1.54, 1.807) is 24.3 Å². The third-order valence-corrected chi connectivity index (χ3v) is 9.24. The average molecular weight is 481 g/mol. The number of hydrogen-bond acceptors (Lipinski definition) is 6. The molecule has 1 aromatic carbocycles. The first-order valence-corrected chi connectivity index (χ1v) is 13.1. The molecule has 10 heteroatoms. The fraction of sp³-hybridized carbons (Fsp3) is 0.647. The van der Waals surface area contributed by atoms with Crippen LogP contribution in [0.1, 0.15) is 12.8 Å². The number of halogens is 1. The molecule has 27 heavy (non-hydrogen) atoms. The number of sulfonamides is 1. The summed E-state index contributed by atoms with van der Waals surface area (Å²) in [6.07, 6.45) is 1.02. The quantitative estimate of drug-likeness (QED) is 0.585. The number of sulfone groups is 1. The lowest BCUT2D eigenvalue weighted by atomic mass is 10.2. The first kappa shape index (κ1) is 21.2. The normalized spacial score (nSPS) is 23.7. The van der Waals surface area contributed by atoms with E-state index in [4.69, 9.17) is 4.74 Å². The fourth-order valence-corrected chi connectivity index (χ4v) is 7.30. The second kappa shape index (κ2) is 8.87. The molecule has 2 fully saturated rings. The summed E-state index contributed by atoms with van der Waals surface area (Å²) in [5, 5.41) is 0. The first-order valence-electron chi connectivity index (χ1n) is 9.06. The number of nitrogens with zero attached hydrogens (tertiary/aromatic N) is 2. The van der Waals surface area contributed by atoms with Crippen LogP contribution < -0.4 is 0 Å². The third kappa shape index (κ3) is 5.51. The molecule has 0 N–H and O–H groups in total. The zero-order valence-electron chi connectivity index (χ0n) is 15.1. The standard InChI is InChI=1S/C17H25BrN2O5S2/c18-15-2-4-17(5-3-15)27(23,24)20(16-6-13-26(21,22)14-16)8-1-7-19-9-11-25-12-10-19/h2-5,16H,1,6-14H2/t16-/m0/s1. The second-order valence-electron chi connectivity index (χ2n) is 6.93. The van der Waals surface area contributed by atoms with Gasteiger partial charge in [-0.25, -0.2) is 16.8 Å². The SMILES string of the molecule is O=S1(=O)CC[C@H](N(CCCN2CCOCC2)S(=O)(=O)c2ccc(Br)cc2)C1. The first-order chi connectivity index (χ1) is 12.8. The van der Waals surface area contributed by atoms with Crippen LogP contribution in [0.3, 0.4) is 0 Å². The Labute approximate surface area is 169 Å². The molecule has 0 amide bonds. The maximum Gasteiger partial charge on any atom is 0.243 e. The highest BCUT2D eigenvalue weighted by molar-refractivity contribution is 9.10. The van der Waals surface area contributed by atoms with Crippen molar-refractivity contribution >= 4 is 35.8 Å². The summed E-state index contributed by atoms with van der Waals surface area (Å²) in [5.74, 6) is -0.0478. The zero-order chi connectivity index (χ0) is 19.5. The van der Waals surface area contributed by atoms with Gasteiger partial charge in [0.2, 0.25) is 10.0 Å². The Morgan fingerprint density at radius 1 is 1.19 bits per heavy atom. The molecule has 1 aromatic rings. The van der Waals surface area contributed by atoms with E-state index in [9.17, 15) is 16.8 Å². The van der Waals surface area contributed by atoms with E-state index < -0.39 is 25.9 Å². The van der Waals surface area contributed by atoms with Crippen molar-refractivity contribution in [3.05, 3.63) is 28.7 Å². The number of rotatable bonds is 7. The van der Waals surface area contributed by atoms with Gasteiger partial charge in [-0.1, -0.05) is 15.9 Å². The molecule has 1 atom stereocenters. The van der Waals surface area contributed by atoms with Gasteiger partial charge in [0.25, 0.3) is 0 Å².